The second-order valence-corrected chi connectivity index (χ2v) is 4.82. The van der Waals surface area contributed by atoms with Crippen LogP contribution in [-0.4, -0.2) is 21.4 Å². The van der Waals surface area contributed by atoms with E-state index >= 15 is 0 Å². The van der Waals surface area contributed by atoms with Gasteiger partial charge >= 0.3 is 0 Å². The number of rotatable bonds is 2. The Morgan fingerprint density at radius 3 is 2.67 bits per heavy atom. The number of amides is 1. The number of nitro groups is 1. The summed E-state index contributed by atoms with van der Waals surface area (Å²) in [5.74, 6) is -0.112. The fraction of sp³-hybridized carbons (Fsp3) is 0.583. The van der Waals surface area contributed by atoms with Gasteiger partial charge in [0.05, 0.1) is 0 Å². The molecule has 1 amide bonds. The van der Waals surface area contributed by atoms with Crippen molar-refractivity contribution in [3.05, 3.63) is 33.1 Å². The highest BCUT2D eigenvalue weighted by molar-refractivity contribution is 5.77. The highest BCUT2D eigenvalue weighted by Crippen LogP contribution is 2.29. The molecule has 0 radical (unpaired) electrons. The molecule has 0 saturated carbocycles. The van der Waals surface area contributed by atoms with Crippen molar-refractivity contribution in [3.8, 4) is 0 Å². The van der Waals surface area contributed by atoms with Crippen molar-refractivity contribution in [1.82, 2.24) is 9.88 Å². The van der Waals surface area contributed by atoms with E-state index in [1.54, 1.807) is 0 Å². The van der Waals surface area contributed by atoms with Gasteiger partial charge in [-0.2, -0.15) is 0 Å². The summed E-state index contributed by atoms with van der Waals surface area (Å²) in [5.41, 5.74) is 2.85. The third kappa shape index (κ3) is 1.98. The van der Waals surface area contributed by atoms with Crippen molar-refractivity contribution in [2.24, 2.45) is 7.05 Å². The van der Waals surface area contributed by atoms with Crippen molar-refractivity contribution < 1.29 is 9.72 Å². The van der Waals surface area contributed by atoms with E-state index in [0.717, 1.165) is 17.0 Å². The molecule has 6 nitrogen and oxygen atoms in total. The normalized spacial score (nSPS) is 23.8. The van der Waals surface area contributed by atoms with Crippen molar-refractivity contribution >= 4 is 5.91 Å². The van der Waals surface area contributed by atoms with E-state index in [1.165, 1.54) is 0 Å². The second kappa shape index (κ2) is 4.44. The Morgan fingerprint density at radius 1 is 1.50 bits per heavy atom. The standard InChI is InChI=1S/C12H17N3O3/c1-7-6-9(8(2)14(7)3)12-10(15(17)18)4-5-11(16)13-12/h6,10,12H,4-5H2,1-3H3,(H,13,16)/t10-,12-/m1/s1. The van der Waals surface area contributed by atoms with Crippen LogP contribution in [0.1, 0.15) is 35.8 Å². The molecule has 1 saturated heterocycles. The minimum Gasteiger partial charge on any atom is -0.352 e. The first kappa shape index (κ1) is 12.6. The van der Waals surface area contributed by atoms with E-state index in [-0.39, 0.29) is 17.3 Å². The monoisotopic (exact) mass is 251 g/mol. The van der Waals surface area contributed by atoms with E-state index in [4.69, 9.17) is 0 Å². The minimum absolute atomic E-state index is 0.112. The zero-order valence-corrected chi connectivity index (χ0v) is 10.8. The smallest absolute Gasteiger partial charge is 0.237 e. The van der Waals surface area contributed by atoms with Crippen molar-refractivity contribution in [3.63, 3.8) is 0 Å². The van der Waals surface area contributed by atoms with Crippen LogP contribution in [0, 0.1) is 24.0 Å². The van der Waals surface area contributed by atoms with Crippen molar-refractivity contribution in [1.29, 1.82) is 0 Å². The summed E-state index contributed by atoms with van der Waals surface area (Å²) in [5, 5.41) is 13.8. The lowest BCUT2D eigenvalue weighted by Gasteiger charge is -2.26. The molecule has 18 heavy (non-hydrogen) atoms. The van der Waals surface area contributed by atoms with E-state index in [1.807, 2.05) is 31.5 Å². The number of aromatic nitrogens is 1. The summed E-state index contributed by atoms with van der Waals surface area (Å²) < 4.78 is 1.98. The first-order chi connectivity index (χ1) is 8.41. The summed E-state index contributed by atoms with van der Waals surface area (Å²) in [6.45, 7) is 3.86. The van der Waals surface area contributed by atoms with Crippen molar-refractivity contribution in [2.45, 2.75) is 38.8 Å². The van der Waals surface area contributed by atoms with Gasteiger partial charge in [-0.05, 0) is 19.9 Å². The number of carbonyl (C=O) groups is 1. The Morgan fingerprint density at radius 2 is 2.17 bits per heavy atom. The molecule has 1 fully saturated rings. The highest BCUT2D eigenvalue weighted by Gasteiger charge is 2.39. The molecule has 6 heteroatoms. The van der Waals surface area contributed by atoms with E-state index in [0.29, 0.717) is 6.42 Å². The van der Waals surface area contributed by atoms with E-state index in [2.05, 4.69) is 5.32 Å². The molecule has 1 N–H and O–H groups in total. The first-order valence-corrected chi connectivity index (χ1v) is 5.97. The molecule has 2 rings (SSSR count). The highest BCUT2D eigenvalue weighted by atomic mass is 16.6. The lowest BCUT2D eigenvalue weighted by molar-refractivity contribution is -0.529. The Kier molecular flexibility index (Phi) is 3.11. The number of nitrogens with one attached hydrogen (secondary N) is 1. The van der Waals surface area contributed by atoms with Gasteiger partial charge in [0.25, 0.3) is 0 Å². The van der Waals surface area contributed by atoms with Crippen LogP contribution in [0.5, 0.6) is 0 Å². The van der Waals surface area contributed by atoms with E-state index in [9.17, 15) is 14.9 Å². The molecule has 0 aromatic carbocycles. The lowest BCUT2D eigenvalue weighted by atomic mass is 9.92. The Bertz CT molecular complexity index is 507. The Hall–Kier alpha value is -1.85. The van der Waals surface area contributed by atoms with Gasteiger partial charge in [0.1, 0.15) is 6.04 Å². The maximum Gasteiger partial charge on any atom is 0.237 e. The predicted molar refractivity (Wildman–Crippen MR) is 65.8 cm³/mol. The molecule has 1 aliphatic heterocycles. The number of hydrogen-bond acceptors (Lipinski definition) is 3. The molecule has 1 aromatic rings. The molecule has 2 atom stereocenters. The number of carbonyl (C=O) groups excluding carboxylic acids is 1. The number of aryl methyl sites for hydroxylation is 1. The quantitative estimate of drug-likeness (QED) is 0.634. The fourth-order valence-electron chi connectivity index (χ4n) is 2.50. The average molecular weight is 251 g/mol. The molecule has 1 aromatic heterocycles. The van der Waals surface area contributed by atoms with Gasteiger partial charge in [0.15, 0.2) is 0 Å². The van der Waals surface area contributed by atoms with Gasteiger partial charge in [-0.25, -0.2) is 0 Å². The SMILES string of the molecule is Cc1cc([C@H]2NC(=O)CC[C@H]2[N+](=O)[O-])c(C)n1C. The lowest BCUT2D eigenvalue weighted by Crippen LogP contribution is -2.45. The van der Waals surface area contributed by atoms with Gasteiger partial charge in [0.2, 0.25) is 11.9 Å². The van der Waals surface area contributed by atoms with Crippen LogP contribution >= 0.6 is 0 Å². The minimum atomic E-state index is -0.733. The maximum absolute atomic E-state index is 11.5. The van der Waals surface area contributed by atoms with E-state index < -0.39 is 12.1 Å². The largest absolute Gasteiger partial charge is 0.352 e. The molecule has 1 aliphatic rings. The predicted octanol–water partition coefficient (Wildman–Crippen LogP) is 1.24. The summed E-state index contributed by atoms with van der Waals surface area (Å²) in [6.07, 6.45) is 0.532. The van der Waals surface area contributed by atoms with Gasteiger partial charge in [-0.1, -0.05) is 0 Å². The van der Waals surface area contributed by atoms with Crippen LogP contribution in [0.25, 0.3) is 0 Å². The summed E-state index contributed by atoms with van der Waals surface area (Å²) in [4.78, 5) is 22.3. The fourth-order valence-corrected chi connectivity index (χ4v) is 2.50. The Balaban J connectivity index is 2.41. The number of hydrogen-bond donors (Lipinski definition) is 1. The number of nitrogens with zero attached hydrogens (tertiary/aromatic N) is 2. The molecule has 0 unspecified atom stereocenters. The Labute approximate surface area is 105 Å². The summed E-state index contributed by atoms with van der Waals surface area (Å²) >= 11 is 0. The van der Waals surface area contributed by atoms with Crippen LogP contribution in [0.2, 0.25) is 0 Å². The zero-order valence-electron chi connectivity index (χ0n) is 10.8. The van der Waals surface area contributed by atoms with Gasteiger partial charge in [0, 0.05) is 41.8 Å². The molecule has 0 bridgehead atoms. The first-order valence-electron chi connectivity index (χ1n) is 5.97. The van der Waals surface area contributed by atoms with Gasteiger partial charge in [-0.3, -0.25) is 14.9 Å². The zero-order chi connectivity index (χ0) is 13.4. The topological polar surface area (TPSA) is 77.2 Å². The van der Waals surface area contributed by atoms with Crippen molar-refractivity contribution in [2.75, 3.05) is 0 Å². The molecule has 0 aliphatic carbocycles. The van der Waals surface area contributed by atoms with Crippen LogP contribution in [0.4, 0.5) is 0 Å². The second-order valence-electron chi connectivity index (χ2n) is 4.82. The third-order valence-electron chi connectivity index (χ3n) is 3.79. The average Bonchev–Trinajstić information content (AvgIpc) is 2.56. The summed E-state index contributed by atoms with van der Waals surface area (Å²) in [6, 6.07) is 0.673. The molecular weight excluding hydrogens is 234 g/mol. The van der Waals surface area contributed by atoms with Crippen LogP contribution in [-0.2, 0) is 11.8 Å². The van der Waals surface area contributed by atoms with Crippen LogP contribution in [0.3, 0.4) is 0 Å². The maximum atomic E-state index is 11.5. The van der Waals surface area contributed by atoms with Crippen LogP contribution in [0.15, 0.2) is 6.07 Å². The molecule has 2 heterocycles. The molecule has 0 spiro atoms. The third-order valence-corrected chi connectivity index (χ3v) is 3.79. The molecule has 98 valence electrons. The van der Waals surface area contributed by atoms with Gasteiger partial charge < -0.3 is 9.88 Å². The number of piperidine rings is 1. The summed E-state index contributed by atoms with van der Waals surface area (Å²) in [7, 11) is 1.92. The molecular formula is C12H17N3O3. The van der Waals surface area contributed by atoms with Gasteiger partial charge in [-0.15, -0.1) is 0 Å². The van der Waals surface area contributed by atoms with Crippen LogP contribution < -0.4 is 5.32 Å².